The molecule has 0 saturated carbocycles. The molecule has 1 aromatic rings. The first-order valence-corrected chi connectivity index (χ1v) is 9.31. The molecular weight excluding hydrogens is 336 g/mol. The third-order valence-electron chi connectivity index (χ3n) is 4.78. The number of benzene rings is 1. The van der Waals surface area contributed by atoms with E-state index in [1.165, 1.54) is 5.56 Å². The van der Waals surface area contributed by atoms with Gasteiger partial charge in [0, 0.05) is 13.1 Å². The molecule has 1 aromatic carbocycles. The van der Waals surface area contributed by atoms with Gasteiger partial charge < -0.3 is 15.0 Å². The predicted molar refractivity (Wildman–Crippen MR) is 106 cm³/mol. The Balaban J connectivity index is 0.00000312. The SMILES string of the molecule is CCNCC1CCN(C(=O)CCOc2ccc(C(C)C)cc2)CC1.Cl. The maximum Gasteiger partial charge on any atom is 0.225 e. The van der Waals surface area contributed by atoms with Crippen molar-refractivity contribution in [2.45, 2.75) is 46.0 Å². The molecule has 1 saturated heterocycles. The van der Waals surface area contributed by atoms with E-state index in [0.717, 1.165) is 44.8 Å². The minimum Gasteiger partial charge on any atom is -0.493 e. The molecule has 1 aliphatic rings. The fourth-order valence-electron chi connectivity index (χ4n) is 3.10. The van der Waals surface area contributed by atoms with Gasteiger partial charge in [-0.2, -0.15) is 0 Å². The van der Waals surface area contributed by atoms with Crippen molar-refractivity contribution in [3.05, 3.63) is 29.8 Å². The van der Waals surface area contributed by atoms with Crippen molar-refractivity contribution in [1.82, 2.24) is 10.2 Å². The summed E-state index contributed by atoms with van der Waals surface area (Å²) in [6.07, 6.45) is 2.68. The van der Waals surface area contributed by atoms with E-state index < -0.39 is 0 Å². The van der Waals surface area contributed by atoms with E-state index in [2.05, 4.69) is 38.2 Å². The topological polar surface area (TPSA) is 41.6 Å². The van der Waals surface area contributed by atoms with Crippen LogP contribution in [0.1, 0.15) is 51.5 Å². The highest BCUT2D eigenvalue weighted by molar-refractivity contribution is 5.85. The molecule has 0 aromatic heterocycles. The molecule has 0 atom stereocenters. The van der Waals surface area contributed by atoms with Crippen molar-refractivity contribution >= 4 is 18.3 Å². The number of carbonyl (C=O) groups is 1. The molecule has 1 amide bonds. The van der Waals surface area contributed by atoms with Gasteiger partial charge in [0.15, 0.2) is 0 Å². The summed E-state index contributed by atoms with van der Waals surface area (Å²) in [6, 6.07) is 8.17. The minimum atomic E-state index is 0. The van der Waals surface area contributed by atoms with E-state index in [4.69, 9.17) is 4.74 Å². The number of amides is 1. The van der Waals surface area contributed by atoms with Crippen molar-refractivity contribution in [3.63, 3.8) is 0 Å². The van der Waals surface area contributed by atoms with Gasteiger partial charge in [0.2, 0.25) is 5.91 Å². The average molecular weight is 369 g/mol. The van der Waals surface area contributed by atoms with Crippen LogP contribution < -0.4 is 10.1 Å². The summed E-state index contributed by atoms with van der Waals surface area (Å²) in [7, 11) is 0. The van der Waals surface area contributed by atoms with Gasteiger partial charge in [-0.3, -0.25) is 4.79 Å². The van der Waals surface area contributed by atoms with Gasteiger partial charge in [-0.05, 0) is 55.5 Å². The summed E-state index contributed by atoms with van der Waals surface area (Å²) in [5.74, 6) is 2.30. The Labute approximate surface area is 158 Å². The van der Waals surface area contributed by atoms with Crippen molar-refractivity contribution < 1.29 is 9.53 Å². The Morgan fingerprint density at radius 2 is 1.88 bits per heavy atom. The Hall–Kier alpha value is -1.26. The van der Waals surface area contributed by atoms with Gasteiger partial charge >= 0.3 is 0 Å². The molecule has 25 heavy (non-hydrogen) atoms. The van der Waals surface area contributed by atoms with Crippen LogP contribution in [0.4, 0.5) is 0 Å². The van der Waals surface area contributed by atoms with Gasteiger partial charge in [0.1, 0.15) is 5.75 Å². The highest BCUT2D eigenvalue weighted by Crippen LogP contribution is 2.19. The van der Waals surface area contributed by atoms with Crippen LogP contribution in [0.25, 0.3) is 0 Å². The summed E-state index contributed by atoms with van der Waals surface area (Å²) in [5, 5.41) is 3.40. The molecule has 142 valence electrons. The molecule has 1 heterocycles. The van der Waals surface area contributed by atoms with Crippen LogP contribution in [0.5, 0.6) is 5.75 Å². The highest BCUT2D eigenvalue weighted by Gasteiger charge is 2.22. The first kappa shape index (κ1) is 21.8. The van der Waals surface area contributed by atoms with Crippen LogP contribution >= 0.6 is 12.4 Å². The van der Waals surface area contributed by atoms with E-state index in [9.17, 15) is 4.79 Å². The molecule has 1 aliphatic heterocycles. The van der Waals surface area contributed by atoms with Gasteiger partial charge in [-0.15, -0.1) is 12.4 Å². The zero-order valence-electron chi connectivity index (χ0n) is 15.8. The van der Waals surface area contributed by atoms with Crippen LogP contribution in [0.3, 0.4) is 0 Å². The number of piperidine rings is 1. The molecule has 4 nitrogen and oxygen atoms in total. The Bertz CT molecular complexity index is 497. The zero-order valence-corrected chi connectivity index (χ0v) is 16.6. The number of halogens is 1. The molecule has 5 heteroatoms. The third-order valence-corrected chi connectivity index (χ3v) is 4.78. The van der Waals surface area contributed by atoms with Crippen LogP contribution in [0.2, 0.25) is 0 Å². The number of ether oxygens (including phenoxy) is 1. The lowest BCUT2D eigenvalue weighted by atomic mass is 9.96. The van der Waals surface area contributed by atoms with E-state index in [1.54, 1.807) is 0 Å². The third kappa shape index (κ3) is 7.25. The number of carbonyl (C=O) groups excluding carboxylic acids is 1. The van der Waals surface area contributed by atoms with Gasteiger partial charge in [-0.1, -0.05) is 32.9 Å². The number of rotatable bonds is 8. The molecule has 0 bridgehead atoms. The Morgan fingerprint density at radius 3 is 2.44 bits per heavy atom. The Kier molecular flexibility index (Phi) is 9.91. The Morgan fingerprint density at radius 1 is 1.24 bits per heavy atom. The van der Waals surface area contributed by atoms with Crippen molar-refractivity contribution in [3.8, 4) is 5.75 Å². The number of hydrogen-bond acceptors (Lipinski definition) is 3. The van der Waals surface area contributed by atoms with E-state index in [1.807, 2.05) is 17.0 Å². The zero-order chi connectivity index (χ0) is 17.4. The van der Waals surface area contributed by atoms with Gasteiger partial charge in [-0.25, -0.2) is 0 Å². The predicted octanol–water partition coefficient (Wildman–Crippen LogP) is 3.85. The smallest absolute Gasteiger partial charge is 0.225 e. The molecule has 0 spiro atoms. The van der Waals surface area contributed by atoms with Gasteiger partial charge in [0.25, 0.3) is 0 Å². The summed E-state index contributed by atoms with van der Waals surface area (Å²) in [4.78, 5) is 14.3. The van der Waals surface area contributed by atoms with Crippen molar-refractivity contribution in [2.24, 2.45) is 5.92 Å². The number of hydrogen-bond donors (Lipinski definition) is 1. The number of nitrogens with one attached hydrogen (secondary N) is 1. The monoisotopic (exact) mass is 368 g/mol. The molecule has 1 fully saturated rings. The fraction of sp³-hybridized carbons (Fsp3) is 0.650. The van der Waals surface area contributed by atoms with Crippen molar-refractivity contribution in [1.29, 1.82) is 0 Å². The standard InChI is InChI=1S/C20H32N2O2.ClH/c1-4-21-15-17-9-12-22(13-10-17)20(23)11-14-24-19-7-5-18(6-8-19)16(2)3;/h5-8,16-17,21H,4,9-15H2,1-3H3;1H. The number of nitrogens with zero attached hydrogens (tertiary/aromatic N) is 1. The van der Waals surface area contributed by atoms with Gasteiger partial charge in [0.05, 0.1) is 13.0 Å². The lowest BCUT2D eigenvalue weighted by Gasteiger charge is -2.32. The molecule has 0 unspecified atom stereocenters. The average Bonchev–Trinajstić information content (AvgIpc) is 2.60. The maximum atomic E-state index is 12.3. The molecule has 0 radical (unpaired) electrons. The second-order valence-electron chi connectivity index (χ2n) is 6.95. The van der Waals surface area contributed by atoms with Crippen LogP contribution in [-0.2, 0) is 4.79 Å². The summed E-state index contributed by atoms with van der Waals surface area (Å²) in [6.45, 7) is 10.8. The lowest BCUT2D eigenvalue weighted by Crippen LogP contribution is -2.41. The first-order valence-electron chi connectivity index (χ1n) is 9.31. The molecule has 0 aliphatic carbocycles. The van der Waals surface area contributed by atoms with E-state index >= 15 is 0 Å². The van der Waals surface area contributed by atoms with Crippen LogP contribution in [-0.4, -0.2) is 43.6 Å². The molecule has 2 rings (SSSR count). The van der Waals surface area contributed by atoms with Crippen LogP contribution in [0.15, 0.2) is 24.3 Å². The minimum absolute atomic E-state index is 0. The normalized spacial score (nSPS) is 15.1. The first-order chi connectivity index (χ1) is 11.6. The molecular formula is C20H33ClN2O2. The second-order valence-corrected chi connectivity index (χ2v) is 6.95. The summed E-state index contributed by atoms with van der Waals surface area (Å²) < 4.78 is 5.72. The van der Waals surface area contributed by atoms with E-state index in [-0.39, 0.29) is 18.3 Å². The maximum absolute atomic E-state index is 12.3. The lowest BCUT2D eigenvalue weighted by molar-refractivity contribution is -0.133. The second kappa shape index (κ2) is 11.4. The quantitative estimate of drug-likeness (QED) is 0.757. The van der Waals surface area contributed by atoms with E-state index in [0.29, 0.717) is 24.9 Å². The highest BCUT2D eigenvalue weighted by atomic mass is 35.5. The number of likely N-dealkylation sites (tertiary alicyclic amines) is 1. The van der Waals surface area contributed by atoms with Crippen LogP contribution in [0, 0.1) is 5.92 Å². The summed E-state index contributed by atoms with van der Waals surface area (Å²) >= 11 is 0. The fourth-order valence-corrected chi connectivity index (χ4v) is 3.10. The van der Waals surface area contributed by atoms with Crippen molar-refractivity contribution in [2.75, 3.05) is 32.8 Å². The summed E-state index contributed by atoms with van der Waals surface area (Å²) in [5.41, 5.74) is 1.30. The molecule has 1 N–H and O–H groups in total. The largest absolute Gasteiger partial charge is 0.493 e.